The van der Waals surface area contributed by atoms with Gasteiger partial charge in [0.1, 0.15) is 23.3 Å². The Bertz CT molecular complexity index is 307. The molecule has 0 bridgehead atoms. The van der Waals surface area contributed by atoms with E-state index in [0.717, 1.165) is 20.8 Å². The number of alkyl halides is 1. The van der Waals surface area contributed by atoms with Crippen LogP contribution in [0.5, 0.6) is 0 Å². The Balaban J connectivity index is -0.000000278. The zero-order valence-corrected chi connectivity index (χ0v) is 14.7. The first-order chi connectivity index (χ1) is 10.2. The number of carboxylic acid groups (broad SMARTS) is 3. The highest BCUT2D eigenvalue weighted by Crippen LogP contribution is 2.23. The van der Waals surface area contributed by atoms with E-state index in [-0.39, 0.29) is 0 Å². The smallest absolute Gasteiger partial charge is 0.300 e. The van der Waals surface area contributed by atoms with Crippen LogP contribution in [-0.2, 0) is 19.1 Å². The molecule has 0 aromatic heterocycles. The van der Waals surface area contributed by atoms with Crippen LogP contribution in [0.25, 0.3) is 0 Å². The lowest BCUT2D eigenvalue weighted by Gasteiger charge is -2.36. The Morgan fingerprint density at radius 3 is 1.30 bits per heavy atom. The highest BCUT2D eigenvalue weighted by Gasteiger charge is 2.40. The Kier molecular flexibility index (Phi) is 16.6. The third-order valence-electron chi connectivity index (χ3n) is 1.79. The molecule has 6 N–H and O–H groups in total. The van der Waals surface area contributed by atoms with Crippen molar-refractivity contribution in [2.24, 2.45) is 0 Å². The average Bonchev–Trinajstić information content (AvgIpc) is 2.32. The fourth-order valence-corrected chi connectivity index (χ4v) is 1.65. The number of aliphatic hydroxyl groups is 3. The number of hydrogen-bond acceptors (Lipinski definition) is 7. The molecule has 0 aromatic carbocycles. The van der Waals surface area contributed by atoms with Crippen LogP contribution in [0.4, 0.5) is 0 Å². The van der Waals surface area contributed by atoms with Crippen LogP contribution >= 0.6 is 15.9 Å². The number of aliphatic hydroxyl groups excluding tert-OH is 3. The van der Waals surface area contributed by atoms with E-state index in [2.05, 4.69) is 15.9 Å². The number of carboxylic acids is 3. The van der Waals surface area contributed by atoms with E-state index in [1.54, 1.807) is 6.92 Å². The van der Waals surface area contributed by atoms with Crippen LogP contribution in [0.2, 0.25) is 0 Å². The van der Waals surface area contributed by atoms with Crippen LogP contribution in [0.15, 0.2) is 0 Å². The lowest BCUT2D eigenvalue weighted by molar-refractivity contribution is -0.190. The first kappa shape index (κ1) is 26.6. The Morgan fingerprint density at radius 1 is 0.783 bits per heavy atom. The lowest BCUT2D eigenvalue weighted by atomic mass is 10.0. The van der Waals surface area contributed by atoms with Gasteiger partial charge in [0.15, 0.2) is 0 Å². The van der Waals surface area contributed by atoms with Gasteiger partial charge in [0.2, 0.25) is 0 Å². The molecule has 0 spiro atoms. The summed E-state index contributed by atoms with van der Waals surface area (Å²) in [4.78, 5) is 27.0. The van der Waals surface area contributed by atoms with Crippen molar-refractivity contribution in [2.45, 2.75) is 57.1 Å². The number of aliphatic carboxylic acids is 3. The van der Waals surface area contributed by atoms with Crippen molar-refractivity contribution in [1.82, 2.24) is 0 Å². The summed E-state index contributed by atoms with van der Waals surface area (Å²) in [5.41, 5.74) is 0. The predicted octanol–water partition coefficient (Wildman–Crippen LogP) is -0.519. The first-order valence-corrected chi connectivity index (χ1v) is 7.07. The summed E-state index contributed by atoms with van der Waals surface area (Å²) in [6.07, 6.45) is -3.68. The molecular weight excluding hydrogens is 384 g/mol. The second kappa shape index (κ2) is 14.3. The van der Waals surface area contributed by atoms with Gasteiger partial charge in [0, 0.05) is 20.8 Å². The van der Waals surface area contributed by atoms with Gasteiger partial charge in [-0.25, -0.2) is 0 Å². The molecule has 138 valence electrons. The maximum absolute atomic E-state index is 9.18. The summed E-state index contributed by atoms with van der Waals surface area (Å²) in [5.74, 6) is -2.50. The maximum Gasteiger partial charge on any atom is 0.300 e. The lowest BCUT2D eigenvalue weighted by Crippen LogP contribution is -2.54. The summed E-state index contributed by atoms with van der Waals surface area (Å²) in [7, 11) is 0. The van der Waals surface area contributed by atoms with E-state index in [4.69, 9.17) is 39.5 Å². The van der Waals surface area contributed by atoms with E-state index >= 15 is 0 Å². The zero-order valence-electron chi connectivity index (χ0n) is 13.1. The molecular formula is C12H23BrO10. The van der Waals surface area contributed by atoms with Gasteiger partial charge in [-0.2, -0.15) is 0 Å². The van der Waals surface area contributed by atoms with Gasteiger partial charge in [0.05, 0.1) is 6.10 Å². The van der Waals surface area contributed by atoms with E-state index in [9.17, 15) is 10.2 Å². The van der Waals surface area contributed by atoms with E-state index in [0.29, 0.717) is 0 Å². The van der Waals surface area contributed by atoms with Gasteiger partial charge in [-0.3, -0.25) is 14.4 Å². The summed E-state index contributed by atoms with van der Waals surface area (Å²) in [6, 6.07) is 0. The molecule has 0 unspecified atom stereocenters. The minimum atomic E-state index is -1.14. The normalized spacial score (nSPS) is 28.4. The van der Waals surface area contributed by atoms with Crippen LogP contribution < -0.4 is 0 Å². The minimum Gasteiger partial charge on any atom is -0.481 e. The van der Waals surface area contributed by atoms with E-state index in [1.807, 2.05) is 0 Å². The van der Waals surface area contributed by atoms with Gasteiger partial charge < -0.3 is 35.4 Å². The van der Waals surface area contributed by atoms with Crippen LogP contribution in [0.1, 0.15) is 27.7 Å². The van der Waals surface area contributed by atoms with Gasteiger partial charge in [0.25, 0.3) is 17.9 Å². The van der Waals surface area contributed by atoms with Gasteiger partial charge in [-0.15, -0.1) is 0 Å². The molecule has 1 aliphatic heterocycles. The second-order valence-corrected chi connectivity index (χ2v) is 5.12. The van der Waals surface area contributed by atoms with Crippen LogP contribution in [-0.4, -0.2) is 78.0 Å². The topological polar surface area (TPSA) is 182 Å². The number of carbonyl (C=O) groups is 3. The molecule has 11 heteroatoms. The van der Waals surface area contributed by atoms with E-state index < -0.39 is 47.3 Å². The zero-order chi connectivity index (χ0) is 19.3. The quantitative estimate of drug-likeness (QED) is 0.286. The predicted molar refractivity (Wildman–Crippen MR) is 81.2 cm³/mol. The molecule has 0 amide bonds. The molecule has 0 aromatic rings. The van der Waals surface area contributed by atoms with E-state index in [1.165, 1.54) is 0 Å². The largest absolute Gasteiger partial charge is 0.481 e. The molecule has 0 radical (unpaired) electrons. The molecule has 1 heterocycles. The van der Waals surface area contributed by atoms with Crippen molar-refractivity contribution in [3.05, 3.63) is 0 Å². The summed E-state index contributed by atoms with van der Waals surface area (Å²) in [6.45, 7) is 4.88. The van der Waals surface area contributed by atoms with Crippen molar-refractivity contribution in [1.29, 1.82) is 0 Å². The Hall–Kier alpha value is -1.27. The second-order valence-electron chi connectivity index (χ2n) is 4.22. The third kappa shape index (κ3) is 20.7. The monoisotopic (exact) mass is 406 g/mol. The molecule has 1 fully saturated rings. The van der Waals surface area contributed by atoms with Crippen molar-refractivity contribution < 1.29 is 49.8 Å². The Morgan fingerprint density at radius 2 is 1.04 bits per heavy atom. The molecule has 1 aliphatic rings. The number of rotatable bonds is 0. The molecule has 1 rings (SSSR count). The Labute approximate surface area is 141 Å². The molecule has 23 heavy (non-hydrogen) atoms. The van der Waals surface area contributed by atoms with Crippen LogP contribution in [0.3, 0.4) is 0 Å². The summed E-state index contributed by atoms with van der Waals surface area (Å²) >= 11 is 3.02. The third-order valence-corrected chi connectivity index (χ3v) is 2.55. The summed E-state index contributed by atoms with van der Waals surface area (Å²) < 4.78 is 5.04. The average molecular weight is 407 g/mol. The molecule has 0 aliphatic carbocycles. The fraction of sp³-hybridized carbons (Fsp3) is 0.750. The number of hydrogen-bond donors (Lipinski definition) is 6. The number of ether oxygens (including phenoxy) is 1. The highest BCUT2D eigenvalue weighted by molar-refractivity contribution is 9.09. The molecule has 1 saturated heterocycles. The van der Waals surface area contributed by atoms with Crippen molar-refractivity contribution in [3.8, 4) is 0 Å². The van der Waals surface area contributed by atoms with Crippen molar-refractivity contribution in [3.63, 3.8) is 0 Å². The van der Waals surface area contributed by atoms with Crippen molar-refractivity contribution >= 4 is 33.8 Å². The molecule has 10 nitrogen and oxygen atoms in total. The SMILES string of the molecule is CC(=O)O.CC(=O)O.CC(=O)O.C[C@@H]1O[C@H](Br)[C@@H](O)[C@H](O)[C@@H]1O. The fourth-order valence-electron chi connectivity index (χ4n) is 1.00. The molecule has 0 saturated carbocycles. The summed E-state index contributed by atoms with van der Waals surface area (Å²) in [5, 5.41) is 49.2. The van der Waals surface area contributed by atoms with Crippen molar-refractivity contribution in [2.75, 3.05) is 0 Å². The molecule has 5 atom stereocenters. The standard InChI is InChI=1S/C6H11BrO4.3C2H4O2/c1-2-3(8)4(9)5(10)6(7)11-2;3*1-2(3)4/h2-6,8-10H,1H3;3*1H3,(H,3,4)/t2-,3+,4+,5-,6-;;;/m0.../s1. The van der Waals surface area contributed by atoms with Crippen LogP contribution in [0, 0.1) is 0 Å². The maximum atomic E-state index is 9.18. The van der Waals surface area contributed by atoms with Gasteiger partial charge in [-0.1, -0.05) is 15.9 Å². The first-order valence-electron chi connectivity index (χ1n) is 6.16. The highest BCUT2D eigenvalue weighted by atomic mass is 79.9. The van der Waals surface area contributed by atoms with Gasteiger partial charge in [-0.05, 0) is 6.92 Å². The minimum absolute atomic E-state index is 0.460. The number of halogens is 1. The van der Waals surface area contributed by atoms with Gasteiger partial charge >= 0.3 is 0 Å².